The van der Waals surface area contributed by atoms with Gasteiger partial charge in [-0.3, -0.25) is 14.4 Å². The number of amides is 3. The van der Waals surface area contributed by atoms with Crippen LogP contribution >= 0.6 is 11.3 Å². The lowest BCUT2D eigenvalue weighted by atomic mass is 9.88. The van der Waals surface area contributed by atoms with E-state index in [1.807, 2.05) is 30.2 Å². The van der Waals surface area contributed by atoms with Crippen molar-refractivity contribution in [3.05, 3.63) is 22.4 Å². The molecule has 6 nitrogen and oxygen atoms in total. The highest BCUT2D eigenvalue weighted by Gasteiger charge is 2.33. The fourth-order valence-electron chi connectivity index (χ4n) is 3.08. The van der Waals surface area contributed by atoms with Crippen molar-refractivity contribution in [2.24, 2.45) is 5.92 Å². The number of hydrogen-bond acceptors (Lipinski definition) is 4. The van der Waals surface area contributed by atoms with Crippen LogP contribution in [-0.2, 0) is 9.59 Å². The highest BCUT2D eigenvalue weighted by atomic mass is 32.1. The number of hydrogen-bond donors (Lipinski definition) is 2. The van der Waals surface area contributed by atoms with Crippen molar-refractivity contribution < 1.29 is 14.4 Å². The van der Waals surface area contributed by atoms with Crippen LogP contribution in [0.1, 0.15) is 49.2 Å². The van der Waals surface area contributed by atoms with Gasteiger partial charge in [0.25, 0.3) is 5.91 Å². The number of likely N-dealkylation sites (tertiary alicyclic amines) is 1. The molecule has 1 saturated heterocycles. The van der Waals surface area contributed by atoms with E-state index in [1.165, 1.54) is 11.3 Å². The Balaban J connectivity index is 2.03. The lowest BCUT2D eigenvalue weighted by Gasteiger charge is -2.35. The molecule has 25 heavy (non-hydrogen) atoms. The molecule has 138 valence electrons. The highest BCUT2D eigenvalue weighted by molar-refractivity contribution is 7.12. The Morgan fingerprint density at radius 3 is 2.56 bits per heavy atom. The molecule has 1 fully saturated rings. The van der Waals surface area contributed by atoms with Crippen molar-refractivity contribution >= 4 is 29.1 Å². The third-order valence-electron chi connectivity index (χ3n) is 4.53. The van der Waals surface area contributed by atoms with Gasteiger partial charge in [-0.15, -0.1) is 11.3 Å². The average Bonchev–Trinajstić information content (AvgIpc) is 3.18. The van der Waals surface area contributed by atoms with Gasteiger partial charge in [0.1, 0.15) is 6.04 Å². The number of carbonyl (C=O) groups is 3. The van der Waals surface area contributed by atoms with Gasteiger partial charge in [-0.2, -0.15) is 0 Å². The molecule has 1 aliphatic heterocycles. The van der Waals surface area contributed by atoms with E-state index in [1.54, 1.807) is 6.07 Å². The largest absolute Gasteiger partial charge is 0.354 e. The van der Waals surface area contributed by atoms with E-state index in [2.05, 4.69) is 10.6 Å². The molecular formula is C18H27N3O3S. The monoisotopic (exact) mass is 365 g/mol. The van der Waals surface area contributed by atoms with Crippen molar-refractivity contribution in [1.29, 1.82) is 0 Å². The van der Waals surface area contributed by atoms with Crippen LogP contribution in [0.4, 0.5) is 0 Å². The van der Waals surface area contributed by atoms with Crippen molar-refractivity contribution in [1.82, 2.24) is 15.5 Å². The van der Waals surface area contributed by atoms with E-state index < -0.39 is 6.04 Å². The van der Waals surface area contributed by atoms with Crippen LogP contribution in [0.25, 0.3) is 0 Å². The summed E-state index contributed by atoms with van der Waals surface area (Å²) >= 11 is 1.36. The molecule has 0 radical (unpaired) electrons. The Morgan fingerprint density at radius 2 is 2.00 bits per heavy atom. The SMILES string of the molecule is CCCNC(=O)C(NC(=O)c1cccs1)C1CCN(C(=O)CC)CC1. The maximum atomic E-state index is 12.6. The lowest BCUT2D eigenvalue weighted by molar-refractivity contribution is -0.132. The number of nitrogens with one attached hydrogen (secondary N) is 2. The number of thiophene rings is 1. The molecule has 1 aliphatic rings. The van der Waals surface area contributed by atoms with E-state index in [9.17, 15) is 14.4 Å². The Bertz CT molecular complexity index is 580. The van der Waals surface area contributed by atoms with Crippen LogP contribution in [0.15, 0.2) is 17.5 Å². The molecule has 0 saturated carbocycles. The van der Waals surface area contributed by atoms with Gasteiger partial charge in [-0.25, -0.2) is 0 Å². The maximum absolute atomic E-state index is 12.6. The standard InChI is InChI=1S/C18H27N3O3S/c1-3-9-19-18(24)16(20-17(23)14-6-5-12-25-14)13-7-10-21(11-8-13)15(22)4-2/h5-6,12-13,16H,3-4,7-11H2,1-2H3,(H,19,24)(H,20,23). The molecule has 0 aliphatic carbocycles. The van der Waals surface area contributed by atoms with Gasteiger partial charge in [0.15, 0.2) is 0 Å². The first-order chi connectivity index (χ1) is 12.1. The summed E-state index contributed by atoms with van der Waals surface area (Å²) in [6, 6.07) is 3.02. The third kappa shape index (κ3) is 5.29. The maximum Gasteiger partial charge on any atom is 0.262 e. The third-order valence-corrected chi connectivity index (χ3v) is 5.40. The smallest absolute Gasteiger partial charge is 0.262 e. The Hall–Kier alpha value is -1.89. The van der Waals surface area contributed by atoms with Crippen LogP contribution in [0.3, 0.4) is 0 Å². The normalized spacial score (nSPS) is 16.3. The van der Waals surface area contributed by atoms with Crippen LogP contribution < -0.4 is 10.6 Å². The predicted molar refractivity (Wildman–Crippen MR) is 98.5 cm³/mol. The predicted octanol–water partition coefficient (Wildman–Crippen LogP) is 2.02. The molecule has 3 amide bonds. The number of rotatable bonds is 7. The van der Waals surface area contributed by atoms with E-state index in [0.29, 0.717) is 30.9 Å². The summed E-state index contributed by atoms with van der Waals surface area (Å²) in [5.74, 6) is -0.152. The highest BCUT2D eigenvalue weighted by Crippen LogP contribution is 2.22. The summed E-state index contributed by atoms with van der Waals surface area (Å²) in [6.45, 7) is 5.73. The van der Waals surface area contributed by atoms with Crippen molar-refractivity contribution in [2.75, 3.05) is 19.6 Å². The minimum absolute atomic E-state index is 0.0432. The van der Waals surface area contributed by atoms with Gasteiger partial charge >= 0.3 is 0 Å². The number of carbonyl (C=O) groups excluding carboxylic acids is 3. The Morgan fingerprint density at radius 1 is 1.28 bits per heavy atom. The summed E-state index contributed by atoms with van der Waals surface area (Å²) in [7, 11) is 0. The van der Waals surface area contributed by atoms with Crippen molar-refractivity contribution in [2.45, 2.75) is 45.6 Å². The fraction of sp³-hybridized carbons (Fsp3) is 0.611. The van der Waals surface area contributed by atoms with E-state index in [-0.39, 0.29) is 23.6 Å². The summed E-state index contributed by atoms with van der Waals surface area (Å²) in [4.78, 5) is 39.3. The number of piperidine rings is 1. The van der Waals surface area contributed by atoms with E-state index >= 15 is 0 Å². The Labute approximate surface area is 153 Å². The van der Waals surface area contributed by atoms with Crippen LogP contribution in [-0.4, -0.2) is 48.3 Å². The molecule has 2 rings (SSSR count). The van der Waals surface area contributed by atoms with Crippen LogP contribution in [0, 0.1) is 5.92 Å². The summed E-state index contributed by atoms with van der Waals surface area (Å²) in [5, 5.41) is 7.65. The fourth-order valence-corrected chi connectivity index (χ4v) is 3.71. The summed E-state index contributed by atoms with van der Waals surface area (Å²) < 4.78 is 0. The molecule has 2 heterocycles. The molecule has 1 aromatic rings. The van der Waals surface area contributed by atoms with Gasteiger partial charge in [-0.1, -0.05) is 19.9 Å². The minimum Gasteiger partial charge on any atom is -0.354 e. The minimum atomic E-state index is -0.556. The second-order valence-corrected chi connectivity index (χ2v) is 7.24. The first-order valence-corrected chi connectivity index (χ1v) is 9.84. The van der Waals surface area contributed by atoms with Gasteiger partial charge < -0.3 is 15.5 Å². The van der Waals surface area contributed by atoms with Crippen LogP contribution in [0.5, 0.6) is 0 Å². The molecule has 7 heteroatoms. The number of nitrogens with zero attached hydrogens (tertiary/aromatic N) is 1. The molecule has 1 atom stereocenters. The lowest BCUT2D eigenvalue weighted by Crippen LogP contribution is -2.53. The molecule has 0 bridgehead atoms. The van der Waals surface area contributed by atoms with Gasteiger partial charge in [0.2, 0.25) is 11.8 Å². The van der Waals surface area contributed by atoms with Gasteiger partial charge in [0, 0.05) is 26.1 Å². The zero-order valence-corrected chi connectivity index (χ0v) is 15.7. The molecule has 0 spiro atoms. The first kappa shape index (κ1) is 19.4. The van der Waals surface area contributed by atoms with Crippen LogP contribution in [0.2, 0.25) is 0 Å². The zero-order chi connectivity index (χ0) is 18.2. The molecule has 1 aromatic heterocycles. The molecule has 1 unspecified atom stereocenters. The summed E-state index contributed by atoms with van der Waals surface area (Å²) in [5.41, 5.74) is 0. The second-order valence-electron chi connectivity index (χ2n) is 6.29. The molecule has 2 N–H and O–H groups in total. The van der Waals surface area contributed by atoms with Gasteiger partial charge in [-0.05, 0) is 36.6 Å². The van der Waals surface area contributed by atoms with E-state index in [0.717, 1.165) is 19.3 Å². The molecular weight excluding hydrogens is 338 g/mol. The topological polar surface area (TPSA) is 78.5 Å². The van der Waals surface area contributed by atoms with Crippen molar-refractivity contribution in [3.8, 4) is 0 Å². The van der Waals surface area contributed by atoms with E-state index in [4.69, 9.17) is 0 Å². The average molecular weight is 365 g/mol. The summed E-state index contributed by atoms with van der Waals surface area (Å²) in [6.07, 6.45) is 2.79. The van der Waals surface area contributed by atoms with Crippen molar-refractivity contribution in [3.63, 3.8) is 0 Å². The molecule has 0 aromatic carbocycles. The van der Waals surface area contributed by atoms with Gasteiger partial charge in [0.05, 0.1) is 4.88 Å². The Kier molecular flexibility index (Phi) is 7.43. The second kappa shape index (κ2) is 9.56. The first-order valence-electron chi connectivity index (χ1n) is 8.96. The quantitative estimate of drug-likeness (QED) is 0.776. The zero-order valence-electron chi connectivity index (χ0n) is 14.9.